The van der Waals surface area contributed by atoms with Crippen LogP contribution in [0, 0.1) is 24.0 Å². The van der Waals surface area contributed by atoms with Crippen molar-refractivity contribution in [1.82, 2.24) is 0 Å². The summed E-state index contributed by atoms with van der Waals surface area (Å²) in [5, 5.41) is 0. The molecular weight excluding hydrogens is 234 g/mol. The van der Waals surface area contributed by atoms with E-state index in [2.05, 4.69) is 5.92 Å². The summed E-state index contributed by atoms with van der Waals surface area (Å²) in [6.45, 7) is 0.179. The Bertz CT molecular complexity index is 585. The molecule has 0 radical (unpaired) electrons. The number of rotatable bonds is 3. The van der Waals surface area contributed by atoms with Crippen LogP contribution >= 0.6 is 0 Å². The van der Waals surface area contributed by atoms with Gasteiger partial charge < -0.3 is 4.74 Å². The van der Waals surface area contributed by atoms with Crippen LogP contribution in [0.15, 0.2) is 42.5 Å². The van der Waals surface area contributed by atoms with E-state index in [0.717, 1.165) is 17.7 Å². The van der Waals surface area contributed by atoms with Crippen LogP contribution in [0.25, 0.3) is 0 Å². The lowest BCUT2D eigenvalue weighted by atomic mass is 10.2. The first-order valence-corrected chi connectivity index (χ1v) is 5.33. The van der Waals surface area contributed by atoms with Crippen LogP contribution in [0.1, 0.15) is 11.1 Å². The maximum atomic E-state index is 13.5. The predicted octanol–water partition coefficient (Wildman–Crippen LogP) is 3.53. The van der Waals surface area contributed by atoms with E-state index in [1.807, 2.05) is 30.3 Å². The summed E-state index contributed by atoms with van der Waals surface area (Å²) in [4.78, 5) is 0. The normalized spacial score (nSPS) is 9.83. The first-order valence-electron chi connectivity index (χ1n) is 5.33. The van der Waals surface area contributed by atoms with Gasteiger partial charge in [0.1, 0.15) is 12.4 Å². The molecule has 0 saturated heterocycles. The third-order valence-corrected chi connectivity index (χ3v) is 2.39. The number of ether oxygens (including phenoxy) is 1. The van der Waals surface area contributed by atoms with Gasteiger partial charge in [-0.1, -0.05) is 36.3 Å². The van der Waals surface area contributed by atoms with Gasteiger partial charge in [-0.15, -0.1) is 6.42 Å². The molecule has 0 aromatic heterocycles. The van der Waals surface area contributed by atoms with Crippen LogP contribution in [-0.2, 0) is 6.61 Å². The van der Waals surface area contributed by atoms with Gasteiger partial charge in [0, 0.05) is 6.07 Å². The fourth-order valence-corrected chi connectivity index (χ4v) is 1.54. The van der Waals surface area contributed by atoms with E-state index in [-0.39, 0.29) is 17.9 Å². The van der Waals surface area contributed by atoms with Crippen LogP contribution in [-0.4, -0.2) is 0 Å². The van der Waals surface area contributed by atoms with Gasteiger partial charge in [-0.3, -0.25) is 0 Å². The van der Waals surface area contributed by atoms with E-state index in [0.29, 0.717) is 0 Å². The fourth-order valence-electron chi connectivity index (χ4n) is 1.54. The Morgan fingerprint density at radius 2 is 1.83 bits per heavy atom. The molecule has 0 amide bonds. The Morgan fingerprint density at radius 1 is 1.11 bits per heavy atom. The Morgan fingerprint density at radius 3 is 2.50 bits per heavy atom. The van der Waals surface area contributed by atoms with Gasteiger partial charge in [0.15, 0.2) is 11.6 Å². The zero-order valence-electron chi connectivity index (χ0n) is 9.49. The highest BCUT2D eigenvalue weighted by Gasteiger charge is 2.11. The van der Waals surface area contributed by atoms with E-state index in [1.165, 1.54) is 0 Å². The molecule has 2 aromatic carbocycles. The molecule has 0 unspecified atom stereocenters. The molecule has 0 aliphatic rings. The molecular formula is C15H10F2O. The van der Waals surface area contributed by atoms with Gasteiger partial charge >= 0.3 is 0 Å². The molecule has 0 aliphatic heterocycles. The van der Waals surface area contributed by atoms with Crippen molar-refractivity contribution in [2.24, 2.45) is 0 Å². The quantitative estimate of drug-likeness (QED) is 0.750. The van der Waals surface area contributed by atoms with E-state index in [9.17, 15) is 8.78 Å². The third kappa shape index (κ3) is 2.67. The van der Waals surface area contributed by atoms with Gasteiger partial charge in [-0.2, -0.15) is 0 Å². The van der Waals surface area contributed by atoms with Crippen LogP contribution in [0.3, 0.4) is 0 Å². The number of hydrogen-bond donors (Lipinski definition) is 0. The molecule has 0 aliphatic carbocycles. The van der Waals surface area contributed by atoms with Gasteiger partial charge in [-0.05, 0) is 11.6 Å². The predicted molar refractivity (Wildman–Crippen MR) is 65.1 cm³/mol. The minimum Gasteiger partial charge on any atom is -0.485 e. The zero-order valence-corrected chi connectivity index (χ0v) is 9.49. The second-order valence-corrected chi connectivity index (χ2v) is 3.68. The highest BCUT2D eigenvalue weighted by molar-refractivity contribution is 5.46. The van der Waals surface area contributed by atoms with Crippen molar-refractivity contribution in [2.75, 3.05) is 0 Å². The summed E-state index contributed by atoms with van der Waals surface area (Å²) in [5.41, 5.74) is 0.952. The van der Waals surface area contributed by atoms with Crippen molar-refractivity contribution in [2.45, 2.75) is 6.61 Å². The van der Waals surface area contributed by atoms with Gasteiger partial charge in [0.25, 0.3) is 0 Å². The monoisotopic (exact) mass is 244 g/mol. The first kappa shape index (κ1) is 12.1. The third-order valence-electron chi connectivity index (χ3n) is 2.39. The van der Waals surface area contributed by atoms with E-state index in [1.54, 1.807) is 0 Å². The summed E-state index contributed by atoms with van der Waals surface area (Å²) >= 11 is 0. The molecule has 0 N–H and O–H groups in total. The van der Waals surface area contributed by atoms with E-state index < -0.39 is 11.6 Å². The highest BCUT2D eigenvalue weighted by Crippen LogP contribution is 2.24. The Kier molecular flexibility index (Phi) is 3.59. The molecule has 0 saturated carbocycles. The molecule has 2 aromatic rings. The summed E-state index contributed by atoms with van der Waals surface area (Å²) in [6, 6.07) is 11.1. The number of hydrogen-bond acceptors (Lipinski definition) is 1. The van der Waals surface area contributed by atoms with Crippen molar-refractivity contribution in [3.8, 4) is 18.1 Å². The molecule has 2 rings (SSSR count). The van der Waals surface area contributed by atoms with Crippen molar-refractivity contribution >= 4 is 0 Å². The van der Waals surface area contributed by atoms with Crippen molar-refractivity contribution < 1.29 is 13.5 Å². The number of halogens is 2. The molecule has 18 heavy (non-hydrogen) atoms. The largest absolute Gasteiger partial charge is 0.485 e. The highest BCUT2D eigenvalue weighted by atomic mass is 19.1. The summed E-state index contributed by atoms with van der Waals surface area (Å²) in [5.74, 6) is 0.606. The first-order chi connectivity index (χ1) is 8.70. The number of terminal acetylenes is 1. The van der Waals surface area contributed by atoms with E-state index in [4.69, 9.17) is 11.2 Å². The molecule has 0 fully saturated rings. The maximum absolute atomic E-state index is 13.5. The van der Waals surface area contributed by atoms with Crippen LogP contribution in [0.4, 0.5) is 8.78 Å². The molecule has 90 valence electrons. The van der Waals surface area contributed by atoms with Crippen LogP contribution in [0.5, 0.6) is 5.75 Å². The lowest BCUT2D eigenvalue weighted by Gasteiger charge is -2.09. The average Bonchev–Trinajstić information content (AvgIpc) is 2.38. The zero-order chi connectivity index (χ0) is 13.0. The summed E-state index contributed by atoms with van der Waals surface area (Å²) in [7, 11) is 0. The molecule has 0 heterocycles. The van der Waals surface area contributed by atoms with Gasteiger partial charge in [0.05, 0.1) is 5.56 Å². The second-order valence-electron chi connectivity index (χ2n) is 3.68. The summed E-state index contributed by atoms with van der Waals surface area (Å²) < 4.78 is 31.8. The van der Waals surface area contributed by atoms with Gasteiger partial charge in [0.2, 0.25) is 0 Å². The van der Waals surface area contributed by atoms with Crippen LogP contribution < -0.4 is 4.74 Å². The van der Waals surface area contributed by atoms with Crippen molar-refractivity contribution in [1.29, 1.82) is 0 Å². The Labute approximate surface area is 104 Å². The van der Waals surface area contributed by atoms with Crippen molar-refractivity contribution in [3.63, 3.8) is 0 Å². The molecule has 1 nitrogen and oxygen atoms in total. The minimum absolute atomic E-state index is 0.0726. The lowest BCUT2D eigenvalue weighted by Crippen LogP contribution is -2.00. The smallest absolute Gasteiger partial charge is 0.171 e. The van der Waals surface area contributed by atoms with Crippen LogP contribution in [0.2, 0.25) is 0 Å². The van der Waals surface area contributed by atoms with E-state index >= 15 is 0 Å². The molecule has 0 spiro atoms. The van der Waals surface area contributed by atoms with Crippen molar-refractivity contribution in [3.05, 3.63) is 65.2 Å². The Hall–Kier alpha value is -2.34. The average molecular weight is 244 g/mol. The molecule has 3 heteroatoms. The minimum atomic E-state index is -0.793. The summed E-state index contributed by atoms with van der Waals surface area (Å²) in [6.07, 6.45) is 5.19. The second kappa shape index (κ2) is 5.33. The number of benzene rings is 2. The maximum Gasteiger partial charge on any atom is 0.171 e. The SMILES string of the molecule is C#Cc1cc(F)cc(F)c1OCc1ccccc1. The molecule has 0 atom stereocenters. The molecule has 0 bridgehead atoms. The topological polar surface area (TPSA) is 9.23 Å². The lowest BCUT2D eigenvalue weighted by molar-refractivity contribution is 0.288. The Balaban J connectivity index is 2.22. The fraction of sp³-hybridized carbons (Fsp3) is 0.0667. The van der Waals surface area contributed by atoms with Gasteiger partial charge in [-0.25, -0.2) is 8.78 Å². The standard InChI is InChI=1S/C15H10F2O/c1-2-12-8-13(16)9-14(17)15(12)18-10-11-6-4-3-5-7-11/h1,3-9H,10H2.